The zero-order chi connectivity index (χ0) is 11.1. The minimum Gasteiger partial charge on any atom is -0.383 e. The van der Waals surface area contributed by atoms with Gasteiger partial charge in [-0.15, -0.1) is 0 Å². The van der Waals surface area contributed by atoms with Crippen molar-refractivity contribution in [1.29, 1.82) is 0 Å². The fourth-order valence-corrected chi connectivity index (χ4v) is 1.20. The van der Waals surface area contributed by atoms with E-state index in [1.54, 1.807) is 18.2 Å². The molecule has 0 fully saturated rings. The summed E-state index contributed by atoms with van der Waals surface area (Å²) in [6, 6.07) is 7.80. The van der Waals surface area contributed by atoms with Crippen molar-refractivity contribution in [3.63, 3.8) is 0 Å². The van der Waals surface area contributed by atoms with E-state index in [4.69, 9.17) is 4.74 Å². The molecule has 1 aromatic carbocycles. The highest BCUT2D eigenvalue weighted by atomic mass is 19.3. The molecular formula is C11H15F2NO. The van der Waals surface area contributed by atoms with Crippen molar-refractivity contribution in [2.75, 3.05) is 26.8 Å². The topological polar surface area (TPSA) is 21.3 Å². The van der Waals surface area contributed by atoms with Crippen molar-refractivity contribution in [3.05, 3.63) is 35.9 Å². The van der Waals surface area contributed by atoms with E-state index in [9.17, 15) is 8.78 Å². The molecule has 1 aromatic rings. The van der Waals surface area contributed by atoms with E-state index in [0.29, 0.717) is 13.2 Å². The monoisotopic (exact) mass is 215 g/mol. The van der Waals surface area contributed by atoms with Crippen LogP contribution >= 0.6 is 0 Å². The van der Waals surface area contributed by atoms with Gasteiger partial charge in [-0.25, -0.2) is 0 Å². The Labute approximate surface area is 88.3 Å². The molecule has 0 radical (unpaired) electrons. The average molecular weight is 215 g/mol. The second-order valence-electron chi connectivity index (χ2n) is 3.24. The molecule has 0 aliphatic heterocycles. The highest BCUT2D eigenvalue weighted by Gasteiger charge is 2.30. The predicted octanol–water partition coefficient (Wildman–Crippen LogP) is 2.01. The third kappa shape index (κ3) is 3.93. The van der Waals surface area contributed by atoms with Crippen molar-refractivity contribution < 1.29 is 13.5 Å². The van der Waals surface area contributed by atoms with E-state index >= 15 is 0 Å². The molecule has 0 amide bonds. The van der Waals surface area contributed by atoms with Gasteiger partial charge in [-0.3, -0.25) is 0 Å². The first-order valence-corrected chi connectivity index (χ1v) is 4.80. The van der Waals surface area contributed by atoms with Crippen LogP contribution in [-0.4, -0.2) is 26.8 Å². The summed E-state index contributed by atoms with van der Waals surface area (Å²) in [6.45, 7) is 0.504. The Kier molecular flexibility index (Phi) is 4.65. The van der Waals surface area contributed by atoms with E-state index < -0.39 is 5.92 Å². The Bertz CT molecular complexity index is 277. The lowest BCUT2D eigenvalue weighted by atomic mass is 10.1. The summed E-state index contributed by atoms with van der Waals surface area (Å²) < 4.78 is 31.7. The van der Waals surface area contributed by atoms with Gasteiger partial charge in [0.1, 0.15) is 0 Å². The largest absolute Gasteiger partial charge is 0.383 e. The molecule has 4 heteroatoms. The summed E-state index contributed by atoms with van der Waals surface area (Å²) in [5.74, 6) is -2.82. The van der Waals surface area contributed by atoms with Gasteiger partial charge in [-0.05, 0) is 0 Å². The van der Waals surface area contributed by atoms with Crippen LogP contribution in [-0.2, 0) is 10.7 Å². The van der Waals surface area contributed by atoms with Crippen molar-refractivity contribution in [1.82, 2.24) is 5.32 Å². The summed E-state index contributed by atoms with van der Waals surface area (Å²) in [7, 11) is 1.54. The standard InChI is InChI=1S/C11H15F2NO/c1-15-8-7-14-9-11(12,13)10-5-3-2-4-6-10/h2-6,14H,7-9H2,1H3. The summed E-state index contributed by atoms with van der Waals surface area (Å²) in [4.78, 5) is 0. The third-order valence-electron chi connectivity index (χ3n) is 2.03. The summed E-state index contributed by atoms with van der Waals surface area (Å²) in [5.41, 5.74) is 0.0370. The Morgan fingerprint density at radius 3 is 2.53 bits per heavy atom. The molecule has 0 heterocycles. The molecular weight excluding hydrogens is 200 g/mol. The first-order chi connectivity index (χ1) is 7.17. The van der Waals surface area contributed by atoms with Crippen LogP contribution in [0.2, 0.25) is 0 Å². The quantitative estimate of drug-likeness (QED) is 0.733. The zero-order valence-corrected chi connectivity index (χ0v) is 8.67. The van der Waals surface area contributed by atoms with Crippen LogP contribution in [0.3, 0.4) is 0 Å². The van der Waals surface area contributed by atoms with Crippen LogP contribution in [0.5, 0.6) is 0 Å². The molecule has 0 aliphatic rings. The molecule has 1 N–H and O–H groups in total. The lowest BCUT2D eigenvalue weighted by Crippen LogP contribution is -2.32. The van der Waals surface area contributed by atoms with Gasteiger partial charge in [0.25, 0.3) is 5.92 Å². The highest BCUT2D eigenvalue weighted by molar-refractivity contribution is 5.20. The van der Waals surface area contributed by atoms with Gasteiger partial charge < -0.3 is 10.1 Å². The third-order valence-corrected chi connectivity index (χ3v) is 2.03. The molecule has 0 atom stereocenters. The molecule has 0 saturated carbocycles. The van der Waals surface area contributed by atoms with Crippen LogP contribution in [0, 0.1) is 0 Å². The van der Waals surface area contributed by atoms with Gasteiger partial charge in [0, 0.05) is 19.2 Å². The fraction of sp³-hybridized carbons (Fsp3) is 0.455. The van der Waals surface area contributed by atoms with Crippen molar-refractivity contribution in [2.45, 2.75) is 5.92 Å². The molecule has 84 valence electrons. The number of hydrogen-bond acceptors (Lipinski definition) is 2. The van der Waals surface area contributed by atoms with Crippen molar-refractivity contribution >= 4 is 0 Å². The number of hydrogen-bond donors (Lipinski definition) is 1. The number of rotatable bonds is 6. The Morgan fingerprint density at radius 1 is 1.27 bits per heavy atom. The van der Waals surface area contributed by atoms with Crippen LogP contribution < -0.4 is 5.32 Å². The molecule has 0 spiro atoms. The van der Waals surface area contributed by atoms with Crippen LogP contribution in [0.25, 0.3) is 0 Å². The van der Waals surface area contributed by atoms with Gasteiger partial charge in [-0.2, -0.15) is 8.78 Å². The number of nitrogens with one attached hydrogen (secondary N) is 1. The van der Waals surface area contributed by atoms with Crippen LogP contribution in [0.1, 0.15) is 5.56 Å². The van der Waals surface area contributed by atoms with E-state index in [2.05, 4.69) is 5.32 Å². The SMILES string of the molecule is COCCNCC(F)(F)c1ccccc1. The molecule has 0 bridgehead atoms. The van der Waals surface area contributed by atoms with Crippen molar-refractivity contribution in [2.24, 2.45) is 0 Å². The van der Waals surface area contributed by atoms with Crippen LogP contribution in [0.15, 0.2) is 30.3 Å². The summed E-state index contributed by atoms with van der Waals surface area (Å²) >= 11 is 0. The molecule has 2 nitrogen and oxygen atoms in total. The average Bonchev–Trinajstić information content (AvgIpc) is 2.26. The Hall–Kier alpha value is -1.00. The molecule has 0 saturated heterocycles. The van der Waals surface area contributed by atoms with Crippen molar-refractivity contribution in [3.8, 4) is 0 Å². The maximum Gasteiger partial charge on any atom is 0.285 e. The van der Waals surface area contributed by atoms with Gasteiger partial charge in [0.05, 0.1) is 13.2 Å². The maximum atomic E-state index is 13.5. The number of halogens is 2. The van der Waals surface area contributed by atoms with E-state index in [1.807, 2.05) is 0 Å². The number of ether oxygens (including phenoxy) is 1. The highest BCUT2D eigenvalue weighted by Crippen LogP contribution is 2.26. The Morgan fingerprint density at radius 2 is 1.93 bits per heavy atom. The minimum atomic E-state index is -2.82. The predicted molar refractivity (Wildman–Crippen MR) is 55.1 cm³/mol. The summed E-state index contributed by atoms with van der Waals surface area (Å²) in [5, 5.41) is 2.65. The minimum absolute atomic E-state index is 0.0370. The first-order valence-electron chi connectivity index (χ1n) is 4.80. The van der Waals surface area contributed by atoms with Gasteiger partial charge >= 0.3 is 0 Å². The number of alkyl halides is 2. The zero-order valence-electron chi connectivity index (χ0n) is 8.67. The van der Waals surface area contributed by atoms with Gasteiger partial charge in [0.2, 0.25) is 0 Å². The Balaban J connectivity index is 2.45. The normalized spacial score (nSPS) is 11.7. The fourth-order valence-electron chi connectivity index (χ4n) is 1.20. The summed E-state index contributed by atoms with van der Waals surface area (Å²) in [6.07, 6.45) is 0. The van der Waals surface area contributed by atoms with Gasteiger partial charge in [0.15, 0.2) is 0 Å². The van der Waals surface area contributed by atoms with E-state index in [0.717, 1.165) is 0 Å². The lowest BCUT2D eigenvalue weighted by Gasteiger charge is -2.17. The molecule has 1 rings (SSSR count). The number of methoxy groups -OCH3 is 1. The van der Waals surface area contributed by atoms with E-state index in [1.165, 1.54) is 19.2 Å². The smallest absolute Gasteiger partial charge is 0.285 e. The molecule has 0 aliphatic carbocycles. The maximum absolute atomic E-state index is 13.5. The van der Waals surface area contributed by atoms with Gasteiger partial charge in [-0.1, -0.05) is 30.3 Å². The van der Waals surface area contributed by atoms with Crippen LogP contribution in [0.4, 0.5) is 8.78 Å². The second-order valence-corrected chi connectivity index (χ2v) is 3.24. The first kappa shape index (κ1) is 12.1. The lowest BCUT2D eigenvalue weighted by molar-refractivity contribution is -0.00415. The molecule has 0 unspecified atom stereocenters. The number of benzene rings is 1. The van der Waals surface area contributed by atoms with E-state index in [-0.39, 0.29) is 12.1 Å². The second kappa shape index (κ2) is 5.78. The molecule has 0 aromatic heterocycles. The molecule has 15 heavy (non-hydrogen) atoms.